The van der Waals surface area contributed by atoms with E-state index in [0.717, 1.165) is 0 Å². The van der Waals surface area contributed by atoms with Crippen LogP contribution in [0.5, 0.6) is 0 Å². The van der Waals surface area contributed by atoms with Gasteiger partial charge in [-0.05, 0) is 43.5 Å². The molecule has 1 saturated heterocycles. The van der Waals surface area contributed by atoms with Crippen molar-refractivity contribution >= 4 is 27.4 Å². The molecule has 1 unspecified atom stereocenters. The van der Waals surface area contributed by atoms with Gasteiger partial charge in [-0.15, -0.1) is 0 Å². The Morgan fingerprint density at radius 2 is 1.97 bits per heavy atom. The zero-order valence-electron chi connectivity index (χ0n) is 16.0. The fraction of sp³-hybridized carbons (Fsp3) is 0.421. The molecule has 0 radical (unpaired) electrons. The van der Waals surface area contributed by atoms with E-state index >= 15 is 0 Å². The Labute approximate surface area is 169 Å². The summed E-state index contributed by atoms with van der Waals surface area (Å²) in [6.07, 6.45) is 1.56. The number of nitrogen functional groups attached to an aromatic ring is 1. The summed E-state index contributed by atoms with van der Waals surface area (Å²) in [4.78, 5) is 20.3. The molecule has 9 nitrogen and oxygen atoms in total. The minimum absolute atomic E-state index is 0.224. The third-order valence-corrected chi connectivity index (χ3v) is 8.37. The van der Waals surface area contributed by atoms with Gasteiger partial charge in [0.25, 0.3) is 0 Å². The summed E-state index contributed by atoms with van der Waals surface area (Å²) in [5.74, 6) is 0.581. The van der Waals surface area contributed by atoms with Crippen molar-refractivity contribution in [3.05, 3.63) is 36.0 Å². The second-order valence-electron chi connectivity index (χ2n) is 7.31. The summed E-state index contributed by atoms with van der Waals surface area (Å²) in [6, 6.07) is 8.18. The molecule has 2 fully saturated rings. The van der Waals surface area contributed by atoms with Crippen molar-refractivity contribution in [2.45, 2.75) is 29.3 Å². The molecule has 2 aromatic rings. The topological polar surface area (TPSA) is 136 Å². The molecule has 0 spiro atoms. The Balaban J connectivity index is 1.66. The highest BCUT2D eigenvalue weighted by Gasteiger charge is 2.60. The molecule has 2 amide bonds. The number of aromatic nitrogens is 2. The SMILES string of the molecule is CNC(=O)Nc1ccc(-c2nc(N)cc(C3(S(=O)(=O)C4CCOC4)CC3)n2)cc1. The third kappa shape index (κ3) is 3.53. The summed E-state index contributed by atoms with van der Waals surface area (Å²) in [5, 5.41) is 4.65. The van der Waals surface area contributed by atoms with Crippen LogP contribution in [0.15, 0.2) is 30.3 Å². The van der Waals surface area contributed by atoms with Crippen LogP contribution in [0.3, 0.4) is 0 Å². The first-order valence-electron chi connectivity index (χ1n) is 9.41. The van der Waals surface area contributed by atoms with Crippen molar-refractivity contribution in [3.8, 4) is 11.4 Å². The molecule has 4 N–H and O–H groups in total. The van der Waals surface area contributed by atoms with Crippen LogP contribution in [0, 0.1) is 0 Å². The lowest BCUT2D eigenvalue weighted by molar-refractivity contribution is 0.198. The van der Waals surface area contributed by atoms with E-state index in [1.54, 1.807) is 30.3 Å². The number of nitrogens with one attached hydrogen (secondary N) is 2. The van der Waals surface area contributed by atoms with E-state index in [-0.39, 0.29) is 18.5 Å². The van der Waals surface area contributed by atoms with Crippen LogP contribution in [-0.2, 0) is 19.3 Å². The molecule has 154 valence electrons. The maximum absolute atomic E-state index is 13.2. The lowest BCUT2D eigenvalue weighted by Gasteiger charge is -2.20. The van der Waals surface area contributed by atoms with Gasteiger partial charge in [0.1, 0.15) is 10.6 Å². The Morgan fingerprint density at radius 3 is 2.55 bits per heavy atom. The van der Waals surface area contributed by atoms with Gasteiger partial charge in [-0.2, -0.15) is 0 Å². The van der Waals surface area contributed by atoms with E-state index < -0.39 is 19.8 Å². The average Bonchev–Trinajstić information content (AvgIpc) is 3.35. The number of carbonyl (C=O) groups is 1. The minimum Gasteiger partial charge on any atom is -0.384 e. The van der Waals surface area contributed by atoms with Crippen molar-refractivity contribution in [3.63, 3.8) is 0 Å². The van der Waals surface area contributed by atoms with E-state index in [2.05, 4.69) is 20.6 Å². The van der Waals surface area contributed by atoms with Gasteiger partial charge in [0.05, 0.1) is 17.6 Å². The maximum atomic E-state index is 13.2. The van der Waals surface area contributed by atoms with E-state index in [9.17, 15) is 13.2 Å². The summed E-state index contributed by atoms with van der Waals surface area (Å²) in [5.41, 5.74) is 7.73. The molecule has 1 aliphatic heterocycles. The number of nitrogens with two attached hydrogens (primary N) is 1. The number of hydrogen-bond acceptors (Lipinski definition) is 7. The highest BCUT2D eigenvalue weighted by atomic mass is 32.2. The van der Waals surface area contributed by atoms with Crippen LogP contribution in [0.2, 0.25) is 0 Å². The molecule has 10 heteroatoms. The molecule has 4 rings (SSSR count). The number of benzene rings is 1. The first-order valence-corrected chi connectivity index (χ1v) is 11.0. The number of urea groups is 1. The van der Waals surface area contributed by atoms with Gasteiger partial charge in [-0.25, -0.2) is 23.2 Å². The number of sulfone groups is 1. The van der Waals surface area contributed by atoms with Crippen LogP contribution in [0.4, 0.5) is 16.3 Å². The van der Waals surface area contributed by atoms with E-state index in [0.29, 0.717) is 48.6 Å². The average molecular weight is 417 g/mol. The highest BCUT2D eigenvalue weighted by Crippen LogP contribution is 2.54. The summed E-state index contributed by atoms with van der Waals surface area (Å²) < 4.78 is 30.7. The lowest BCUT2D eigenvalue weighted by atomic mass is 10.1. The Kier molecular flexibility index (Phi) is 4.91. The molecule has 0 bridgehead atoms. The Bertz CT molecular complexity index is 1030. The van der Waals surface area contributed by atoms with Gasteiger partial charge in [0.15, 0.2) is 15.7 Å². The molecular weight excluding hydrogens is 394 g/mol. The molecule has 1 aliphatic carbocycles. The zero-order chi connectivity index (χ0) is 20.6. The summed E-state index contributed by atoms with van der Waals surface area (Å²) in [6.45, 7) is 0.699. The van der Waals surface area contributed by atoms with Crippen LogP contribution in [0.25, 0.3) is 11.4 Å². The van der Waals surface area contributed by atoms with Crippen LogP contribution < -0.4 is 16.4 Å². The molecule has 1 atom stereocenters. The van der Waals surface area contributed by atoms with Gasteiger partial charge in [0, 0.05) is 31.0 Å². The highest BCUT2D eigenvalue weighted by molar-refractivity contribution is 7.93. The Morgan fingerprint density at radius 1 is 1.24 bits per heavy atom. The number of hydrogen-bond donors (Lipinski definition) is 3. The molecule has 29 heavy (non-hydrogen) atoms. The fourth-order valence-corrected chi connectivity index (χ4v) is 5.99. The van der Waals surface area contributed by atoms with Crippen LogP contribution in [0.1, 0.15) is 25.0 Å². The number of ether oxygens (including phenoxy) is 1. The molecular formula is C19H23N5O4S. The smallest absolute Gasteiger partial charge is 0.318 e. The molecule has 2 heterocycles. The van der Waals surface area contributed by atoms with E-state index in [4.69, 9.17) is 10.5 Å². The predicted molar refractivity (Wildman–Crippen MR) is 109 cm³/mol. The van der Waals surface area contributed by atoms with Crippen molar-refractivity contribution in [1.82, 2.24) is 15.3 Å². The van der Waals surface area contributed by atoms with Gasteiger partial charge in [0.2, 0.25) is 0 Å². The third-order valence-electron chi connectivity index (χ3n) is 5.42. The second kappa shape index (κ2) is 7.27. The Hall–Kier alpha value is -2.72. The second-order valence-corrected chi connectivity index (χ2v) is 9.85. The van der Waals surface area contributed by atoms with Crippen LogP contribution >= 0.6 is 0 Å². The van der Waals surface area contributed by atoms with Crippen molar-refractivity contribution in [2.75, 3.05) is 31.3 Å². The first kappa shape index (κ1) is 19.6. The number of rotatable bonds is 5. The van der Waals surface area contributed by atoms with E-state index in [1.807, 2.05) is 0 Å². The number of amides is 2. The fourth-order valence-electron chi connectivity index (χ4n) is 3.60. The molecule has 1 aromatic carbocycles. The number of anilines is 2. The standard InChI is InChI=1S/C19H23N5O4S/c1-21-18(25)22-13-4-2-12(3-5-13)17-23-15(10-16(20)24-17)19(7-8-19)29(26,27)14-6-9-28-11-14/h2-5,10,14H,6-9,11H2,1H3,(H2,20,23,24)(H2,21,22,25). The van der Waals surface area contributed by atoms with Gasteiger partial charge < -0.3 is 21.1 Å². The first-order chi connectivity index (χ1) is 13.9. The lowest BCUT2D eigenvalue weighted by Crippen LogP contribution is -2.33. The van der Waals surface area contributed by atoms with E-state index in [1.165, 1.54) is 7.05 Å². The number of nitrogens with zero attached hydrogens (tertiary/aromatic N) is 2. The zero-order valence-corrected chi connectivity index (χ0v) is 16.8. The van der Waals surface area contributed by atoms with Crippen molar-refractivity contribution in [2.24, 2.45) is 0 Å². The molecule has 1 saturated carbocycles. The maximum Gasteiger partial charge on any atom is 0.318 e. The normalized spacial score (nSPS) is 20.2. The van der Waals surface area contributed by atoms with Gasteiger partial charge in [-0.1, -0.05) is 0 Å². The quantitative estimate of drug-likeness (QED) is 0.673. The largest absolute Gasteiger partial charge is 0.384 e. The van der Waals surface area contributed by atoms with Gasteiger partial charge in [-0.3, -0.25) is 0 Å². The monoisotopic (exact) mass is 417 g/mol. The van der Waals surface area contributed by atoms with Crippen LogP contribution in [-0.4, -0.2) is 49.9 Å². The van der Waals surface area contributed by atoms with Crippen molar-refractivity contribution < 1.29 is 17.9 Å². The molecule has 1 aromatic heterocycles. The number of carbonyl (C=O) groups excluding carboxylic acids is 1. The summed E-state index contributed by atoms with van der Waals surface area (Å²) in [7, 11) is -1.91. The van der Waals surface area contributed by atoms with Gasteiger partial charge >= 0.3 is 6.03 Å². The molecule has 2 aliphatic rings. The predicted octanol–water partition coefficient (Wildman–Crippen LogP) is 1.67. The minimum atomic E-state index is -3.44. The van der Waals surface area contributed by atoms with Crippen molar-refractivity contribution in [1.29, 1.82) is 0 Å². The summed E-state index contributed by atoms with van der Waals surface area (Å²) >= 11 is 0.